The maximum absolute atomic E-state index is 12.7. The van der Waals surface area contributed by atoms with Crippen molar-refractivity contribution in [2.45, 2.75) is 38.8 Å². The number of fused-ring (bicyclic) bond motifs is 1. The van der Waals surface area contributed by atoms with Crippen molar-refractivity contribution in [3.8, 4) is 11.4 Å². The molecule has 150 valence electrons. The Kier molecular flexibility index (Phi) is 4.63. The lowest BCUT2D eigenvalue weighted by Gasteiger charge is -2.25. The van der Waals surface area contributed by atoms with Crippen LogP contribution in [0.3, 0.4) is 0 Å². The summed E-state index contributed by atoms with van der Waals surface area (Å²) >= 11 is 0. The van der Waals surface area contributed by atoms with Crippen LogP contribution in [0.2, 0.25) is 0 Å². The van der Waals surface area contributed by atoms with Gasteiger partial charge >= 0.3 is 0 Å². The summed E-state index contributed by atoms with van der Waals surface area (Å²) < 4.78 is 12.2. The van der Waals surface area contributed by atoms with Gasteiger partial charge in [0.05, 0.1) is 31.0 Å². The van der Waals surface area contributed by atoms with Crippen LogP contribution in [-0.4, -0.2) is 39.0 Å². The molecular weight excluding hydrogens is 370 g/mol. The predicted molar refractivity (Wildman–Crippen MR) is 104 cm³/mol. The van der Waals surface area contributed by atoms with E-state index in [0.717, 1.165) is 50.1 Å². The van der Waals surface area contributed by atoms with Crippen LogP contribution in [0.4, 0.5) is 0 Å². The number of nitrogens with zero attached hydrogens (tertiary/aromatic N) is 4. The van der Waals surface area contributed by atoms with Crippen molar-refractivity contribution in [3.63, 3.8) is 0 Å². The van der Waals surface area contributed by atoms with Gasteiger partial charge in [0.15, 0.2) is 0 Å². The first-order valence-electron chi connectivity index (χ1n) is 10.1. The molecule has 1 amide bonds. The largest absolute Gasteiger partial charge is 0.381 e. The Bertz CT molecular complexity index is 1040. The number of nitrogens with one attached hydrogen (secondary N) is 1. The molecule has 29 heavy (non-hydrogen) atoms. The van der Waals surface area contributed by atoms with Crippen molar-refractivity contribution in [1.82, 2.24) is 25.2 Å². The van der Waals surface area contributed by atoms with Gasteiger partial charge in [-0.2, -0.15) is 10.1 Å². The number of aromatic nitrogens is 4. The standard InChI is InChI=1S/C21H23N5O3/c1-2-19-24-20(25-29-19)15-3-5-17-14(7-15)4-6-18(17)23-21(27)16-8-22-26(10-16)9-13-11-28-12-13/h3,5,7-8,10,13,18H,2,4,6,9,11-12H2,1H3,(H,23,27)/t18-/m1/s1. The number of aryl methyl sites for hydroxylation is 2. The number of rotatable bonds is 6. The van der Waals surface area contributed by atoms with E-state index in [1.807, 2.05) is 23.9 Å². The van der Waals surface area contributed by atoms with Crippen LogP contribution in [0.15, 0.2) is 35.1 Å². The van der Waals surface area contributed by atoms with Gasteiger partial charge in [-0.15, -0.1) is 0 Å². The van der Waals surface area contributed by atoms with Crippen molar-refractivity contribution in [2.24, 2.45) is 5.92 Å². The molecular formula is C21H23N5O3. The lowest BCUT2D eigenvalue weighted by molar-refractivity contribution is -0.0408. The molecule has 3 heterocycles. The first kappa shape index (κ1) is 18.1. The first-order chi connectivity index (χ1) is 14.2. The Labute approximate surface area is 168 Å². The molecule has 0 bridgehead atoms. The molecule has 0 spiro atoms. The minimum Gasteiger partial charge on any atom is -0.381 e. The molecule has 8 heteroatoms. The third-order valence-corrected chi connectivity index (χ3v) is 5.60. The topological polar surface area (TPSA) is 95.1 Å². The van der Waals surface area contributed by atoms with E-state index in [-0.39, 0.29) is 11.9 Å². The van der Waals surface area contributed by atoms with E-state index in [2.05, 4.69) is 32.7 Å². The third kappa shape index (κ3) is 3.55. The Morgan fingerprint density at radius 1 is 1.34 bits per heavy atom. The lowest BCUT2D eigenvalue weighted by Crippen LogP contribution is -2.31. The van der Waals surface area contributed by atoms with Crippen LogP contribution in [0.5, 0.6) is 0 Å². The number of benzene rings is 1. The fourth-order valence-electron chi connectivity index (χ4n) is 3.90. The summed E-state index contributed by atoms with van der Waals surface area (Å²) in [5.41, 5.74) is 3.91. The average molecular weight is 393 g/mol. The molecule has 8 nitrogen and oxygen atoms in total. The first-order valence-corrected chi connectivity index (χ1v) is 10.1. The molecule has 0 unspecified atom stereocenters. The quantitative estimate of drug-likeness (QED) is 0.692. The summed E-state index contributed by atoms with van der Waals surface area (Å²) in [7, 11) is 0. The van der Waals surface area contributed by atoms with Crippen LogP contribution < -0.4 is 5.32 Å². The highest BCUT2D eigenvalue weighted by atomic mass is 16.5. The molecule has 1 atom stereocenters. The molecule has 1 fully saturated rings. The molecule has 3 aromatic rings. The monoisotopic (exact) mass is 393 g/mol. The maximum atomic E-state index is 12.7. The average Bonchev–Trinajstić information content (AvgIpc) is 3.44. The molecule has 1 aromatic carbocycles. The van der Waals surface area contributed by atoms with Crippen molar-refractivity contribution in [2.75, 3.05) is 13.2 Å². The Morgan fingerprint density at radius 2 is 2.24 bits per heavy atom. The second kappa shape index (κ2) is 7.44. The summed E-state index contributed by atoms with van der Waals surface area (Å²) in [6, 6.07) is 6.16. The van der Waals surface area contributed by atoms with E-state index in [0.29, 0.717) is 23.2 Å². The SMILES string of the molecule is CCc1nc(-c2ccc3c(c2)CC[C@H]3NC(=O)c2cnn(CC3COC3)c2)no1. The van der Waals surface area contributed by atoms with Crippen LogP contribution in [0.25, 0.3) is 11.4 Å². The van der Waals surface area contributed by atoms with E-state index in [1.165, 1.54) is 5.56 Å². The summed E-state index contributed by atoms with van der Waals surface area (Å²) in [5, 5.41) is 11.5. The molecule has 1 N–H and O–H groups in total. The Morgan fingerprint density at radius 3 is 3.00 bits per heavy atom. The van der Waals surface area contributed by atoms with E-state index < -0.39 is 0 Å². The van der Waals surface area contributed by atoms with E-state index in [9.17, 15) is 4.79 Å². The van der Waals surface area contributed by atoms with Gasteiger partial charge in [0.25, 0.3) is 5.91 Å². The van der Waals surface area contributed by atoms with Gasteiger partial charge in [0.2, 0.25) is 11.7 Å². The minimum atomic E-state index is -0.0891. The van der Waals surface area contributed by atoms with E-state index >= 15 is 0 Å². The molecule has 0 radical (unpaired) electrons. The van der Waals surface area contributed by atoms with Gasteiger partial charge in [-0.1, -0.05) is 24.2 Å². The van der Waals surface area contributed by atoms with E-state index in [1.54, 1.807) is 6.20 Å². The smallest absolute Gasteiger partial charge is 0.254 e. The number of carbonyl (C=O) groups is 1. The normalized spacial score (nSPS) is 18.4. The highest BCUT2D eigenvalue weighted by molar-refractivity contribution is 5.94. The third-order valence-electron chi connectivity index (χ3n) is 5.60. The van der Waals surface area contributed by atoms with Gasteiger partial charge < -0.3 is 14.6 Å². The summed E-state index contributed by atoms with van der Waals surface area (Å²) in [4.78, 5) is 17.1. The lowest BCUT2D eigenvalue weighted by atomic mass is 10.0. The molecule has 5 rings (SSSR count). The number of amides is 1. The zero-order valence-corrected chi connectivity index (χ0v) is 16.3. The molecule has 2 aliphatic rings. The maximum Gasteiger partial charge on any atom is 0.254 e. The van der Waals surface area contributed by atoms with Crippen molar-refractivity contribution in [1.29, 1.82) is 0 Å². The number of hydrogen-bond donors (Lipinski definition) is 1. The number of ether oxygens (including phenoxy) is 1. The van der Waals surface area contributed by atoms with Crippen molar-refractivity contribution >= 4 is 5.91 Å². The Balaban J connectivity index is 1.27. The fraction of sp³-hybridized carbons (Fsp3) is 0.429. The highest BCUT2D eigenvalue weighted by Crippen LogP contribution is 2.34. The summed E-state index contributed by atoms with van der Waals surface area (Å²) in [5.74, 6) is 1.65. The second-order valence-corrected chi connectivity index (χ2v) is 7.70. The van der Waals surface area contributed by atoms with Gasteiger partial charge in [0.1, 0.15) is 0 Å². The van der Waals surface area contributed by atoms with Crippen molar-refractivity contribution < 1.29 is 14.1 Å². The second-order valence-electron chi connectivity index (χ2n) is 7.70. The summed E-state index contributed by atoms with van der Waals surface area (Å²) in [6.07, 6.45) is 5.96. The zero-order valence-electron chi connectivity index (χ0n) is 16.3. The zero-order chi connectivity index (χ0) is 19.8. The molecule has 2 aromatic heterocycles. The van der Waals surface area contributed by atoms with Gasteiger partial charge in [-0.3, -0.25) is 9.48 Å². The summed E-state index contributed by atoms with van der Waals surface area (Å²) in [6.45, 7) is 4.31. The predicted octanol–water partition coefficient (Wildman–Crippen LogP) is 2.56. The fourth-order valence-corrected chi connectivity index (χ4v) is 3.90. The van der Waals surface area contributed by atoms with E-state index in [4.69, 9.17) is 9.26 Å². The van der Waals surface area contributed by atoms with Gasteiger partial charge in [-0.05, 0) is 30.0 Å². The van der Waals surface area contributed by atoms with Crippen LogP contribution >= 0.6 is 0 Å². The molecule has 1 aliphatic heterocycles. The minimum absolute atomic E-state index is 0.00593. The molecule has 1 aliphatic carbocycles. The molecule has 0 saturated carbocycles. The number of carbonyl (C=O) groups excluding carboxylic acids is 1. The van der Waals surface area contributed by atoms with Crippen LogP contribution in [-0.2, 0) is 24.1 Å². The van der Waals surface area contributed by atoms with Gasteiger partial charge in [0, 0.05) is 30.6 Å². The van der Waals surface area contributed by atoms with Crippen LogP contribution in [0.1, 0.15) is 46.8 Å². The highest BCUT2D eigenvalue weighted by Gasteiger charge is 2.26. The Hall–Kier alpha value is -3.00. The van der Waals surface area contributed by atoms with Crippen molar-refractivity contribution in [3.05, 3.63) is 53.2 Å². The van der Waals surface area contributed by atoms with Gasteiger partial charge in [-0.25, -0.2) is 0 Å². The number of hydrogen-bond acceptors (Lipinski definition) is 6. The van der Waals surface area contributed by atoms with Crippen LogP contribution in [0, 0.1) is 5.92 Å². The molecule has 1 saturated heterocycles.